The van der Waals surface area contributed by atoms with E-state index in [0.717, 1.165) is 13.2 Å². The second-order valence-corrected chi connectivity index (χ2v) is 3.03. The van der Waals surface area contributed by atoms with Crippen molar-refractivity contribution in [2.75, 3.05) is 20.3 Å². The van der Waals surface area contributed by atoms with Gasteiger partial charge in [0.2, 0.25) is 0 Å². The first kappa shape index (κ1) is 8.75. The lowest BCUT2D eigenvalue weighted by atomic mass is 9.94. The highest BCUT2D eigenvalue weighted by Crippen LogP contribution is 2.20. The first-order valence-corrected chi connectivity index (χ1v) is 4.03. The van der Waals surface area contributed by atoms with Crippen molar-refractivity contribution in [3.05, 3.63) is 11.6 Å². The fraction of sp³-hybridized carbons (Fsp3) is 0.778. The van der Waals surface area contributed by atoms with E-state index >= 15 is 0 Å². The zero-order valence-corrected chi connectivity index (χ0v) is 7.46. The molecule has 0 aromatic heterocycles. The first-order chi connectivity index (χ1) is 5.25. The molecule has 0 N–H and O–H groups in total. The zero-order valence-electron chi connectivity index (χ0n) is 7.46. The second-order valence-electron chi connectivity index (χ2n) is 3.03. The predicted octanol–water partition coefficient (Wildman–Crippen LogP) is 1.61. The lowest BCUT2D eigenvalue weighted by Crippen LogP contribution is -2.28. The van der Waals surface area contributed by atoms with Gasteiger partial charge >= 0.3 is 0 Å². The molecule has 1 heterocycles. The summed E-state index contributed by atoms with van der Waals surface area (Å²) in [5.41, 5.74) is 1.39. The topological polar surface area (TPSA) is 18.5 Å². The molecule has 11 heavy (non-hydrogen) atoms. The normalized spacial score (nSPS) is 27.9. The monoisotopic (exact) mass is 156 g/mol. The van der Waals surface area contributed by atoms with Gasteiger partial charge in [-0.05, 0) is 13.8 Å². The standard InChI is InChI=1S/C9H16O2/c1-7-4-5-11-6-9(7)8(2)10-3/h4,8-9H,5-6H2,1-3H3. The van der Waals surface area contributed by atoms with Gasteiger partial charge in [0.1, 0.15) is 0 Å². The van der Waals surface area contributed by atoms with Crippen molar-refractivity contribution in [1.29, 1.82) is 0 Å². The lowest BCUT2D eigenvalue weighted by Gasteiger charge is -2.26. The molecule has 0 spiro atoms. The van der Waals surface area contributed by atoms with Crippen LogP contribution in [0.25, 0.3) is 0 Å². The van der Waals surface area contributed by atoms with Crippen LogP contribution in [0.2, 0.25) is 0 Å². The van der Waals surface area contributed by atoms with E-state index in [0.29, 0.717) is 5.92 Å². The van der Waals surface area contributed by atoms with Gasteiger partial charge in [-0.2, -0.15) is 0 Å². The van der Waals surface area contributed by atoms with Crippen LogP contribution in [0.3, 0.4) is 0 Å². The van der Waals surface area contributed by atoms with Crippen molar-refractivity contribution < 1.29 is 9.47 Å². The fourth-order valence-corrected chi connectivity index (χ4v) is 1.34. The van der Waals surface area contributed by atoms with E-state index in [9.17, 15) is 0 Å². The molecule has 0 aromatic rings. The summed E-state index contributed by atoms with van der Waals surface area (Å²) in [7, 11) is 1.74. The van der Waals surface area contributed by atoms with Gasteiger partial charge in [-0.3, -0.25) is 0 Å². The van der Waals surface area contributed by atoms with Crippen LogP contribution >= 0.6 is 0 Å². The van der Waals surface area contributed by atoms with Gasteiger partial charge in [-0.1, -0.05) is 11.6 Å². The van der Waals surface area contributed by atoms with Gasteiger partial charge in [-0.15, -0.1) is 0 Å². The molecule has 1 aliphatic rings. The molecule has 0 aromatic carbocycles. The Hall–Kier alpha value is -0.340. The minimum absolute atomic E-state index is 0.270. The quantitative estimate of drug-likeness (QED) is 0.565. The molecule has 0 radical (unpaired) electrons. The van der Waals surface area contributed by atoms with Gasteiger partial charge in [-0.25, -0.2) is 0 Å². The summed E-state index contributed by atoms with van der Waals surface area (Å²) in [6, 6.07) is 0. The lowest BCUT2D eigenvalue weighted by molar-refractivity contribution is 0.0241. The highest BCUT2D eigenvalue weighted by Gasteiger charge is 2.20. The highest BCUT2D eigenvalue weighted by molar-refractivity contribution is 5.08. The molecule has 0 saturated heterocycles. The van der Waals surface area contributed by atoms with Crippen LogP contribution in [-0.4, -0.2) is 26.4 Å². The van der Waals surface area contributed by atoms with Crippen LogP contribution in [0.15, 0.2) is 11.6 Å². The third-order valence-corrected chi connectivity index (χ3v) is 2.34. The summed E-state index contributed by atoms with van der Waals surface area (Å²) in [4.78, 5) is 0. The highest BCUT2D eigenvalue weighted by atomic mass is 16.5. The molecule has 0 bridgehead atoms. The van der Waals surface area contributed by atoms with E-state index in [1.54, 1.807) is 7.11 Å². The molecule has 2 heteroatoms. The SMILES string of the molecule is COC(C)C1COCC=C1C. The maximum absolute atomic E-state index is 5.32. The third kappa shape index (κ3) is 2.04. The van der Waals surface area contributed by atoms with Gasteiger partial charge in [0.05, 0.1) is 19.3 Å². The average molecular weight is 156 g/mol. The molecule has 0 amide bonds. The molecule has 64 valence electrons. The Balaban J connectivity index is 2.55. The molecular weight excluding hydrogens is 140 g/mol. The Labute approximate surface area is 68.2 Å². The minimum atomic E-state index is 0.270. The van der Waals surface area contributed by atoms with Gasteiger partial charge in [0.15, 0.2) is 0 Å². The molecule has 0 fully saturated rings. The molecule has 1 rings (SSSR count). The van der Waals surface area contributed by atoms with Crippen LogP contribution in [-0.2, 0) is 9.47 Å². The van der Waals surface area contributed by atoms with Crippen molar-refractivity contribution in [3.63, 3.8) is 0 Å². The summed E-state index contributed by atoms with van der Waals surface area (Å²) in [6.07, 6.45) is 2.40. The van der Waals surface area contributed by atoms with E-state index in [-0.39, 0.29) is 6.10 Å². The Bertz CT molecular complexity index is 152. The van der Waals surface area contributed by atoms with Crippen molar-refractivity contribution in [3.8, 4) is 0 Å². The van der Waals surface area contributed by atoms with Crippen molar-refractivity contribution in [2.45, 2.75) is 20.0 Å². The van der Waals surface area contributed by atoms with Crippen LogP contribution in [0.1, 0.15) is 13.8 Å². The van der Waals surface area contributed by atoms with E-state index < -0.39 is 0 Å². The summed E-state index contributed by atoms with van der Waals surface area (Å²) in [5.74, 6) is 0.453. The summed E-state index contributed by atoms with van der Waals surface area (Å²) >= 11 is 0. The van der Waals surface area contributed by atoms with E-state index in [1.165, 1.54) is 5.57 Å². The number of hydrogen-bond acceptors (Lipinski definition) is 2. The van der Waals surface area contributed by atoms with Gasteiger partial charge in [0.25, 0.3) is 0 Å². The summed E-state index contributed by atoms with van der Waals surface area (Å²) in [6.45, 7) is 5.79. The minimum Gasteiger partial charge on any atom is -0.381 e. The third-order valence-electron chi connectivity index (χ3n) is 2.34. The molecule has 2 atom stereocenters. The molecule has 1 aliphatic heterocycles. The van der Waals surface area contributed by atoms with E-state index in [4.69, 9.17) is 9.47 Å². The van der Waals surface area contributed by atoms with Crippen molar-refractivity contribution in [2.24, 2.45) is 5.92 Å². The van der Waals surface area contributed by atoms with E-state index in [1.807, 2.05) is 0 Å². The van der Waals surface area contributed by atoms with Crippen molar-refractivity contribution >= 4 is 0 Å². The summed E-state index contributed by atoms with van der Waals surface area (Å²) < 4.78 is 10.6. The van der Waals surface area contributed by atoms with Crippen LogP contribution in [0, 0.1) is 5.92 Å². The average Bonchev–Trinajstić information content (AvgIpc) is 2.04. The Morgan fingerprint density at radius 3 is 3.00 bits per heavy atom. The Morgan fingerprint density at radius 2 is 2.45 bits per heavy atom. The molecule has 0 aliphatic carbocycles. The molecular formula is C9H16O2. The maximum Gasteiger partial charge on any atom is 0.0650 e. The molecule has 2 unspecified atom stereocenters. The van der Waals surface area contributed by atoms with Crippen LogP contribution < -0.4 is 0 Å². The van der Waals surface area contributed by atoms with Gasteiger partial charge < -0.3 is 9.47 Å². The molecule has 2 nitrogen and oxygen atoms in total. The molecule has 0 saturated carbocycles. The summed E-state index contributed by atoms with van der Waals surface area (Å²) in [5, 5.41) is 0. The number of methoxy groups -OCH3 is 1. The first-order valence-electron chi connectivity index (χ1n) is 4.03. The van der Waals surface area contributed by atoms with Crippen LogP contribution in [0.4, 0.5) is 0 Å². The Morgan fingerprint density at radius 1 is 1.73 bits per heavy atom. The van der Waals surface area contributed by atoms with E-state index in [2.05, 4.69) is 19.9 Å². The zero-order chi connectivity index (χ0) is 8.27. The number of hydrogen-bond donors (Lipinski definition) is 0. The second kappa shape index (κ2) is 3.88. The number of ether oxygens (including phenoxy) is 2. The Kier molecular flexibility index (Phi) is 3.09. The fourth-order valence-electron chi connectivity index (χ4n) is 1.34. The van der Waals surface area contributed by atoms with Crippen LogP contribution in [0.5, 0.6) is 0 Å². The maximum atomic E-state index is 5.32. The smallest absolute Gasteiger partial charge is 0.0650 e. The predicted molar refractivity (Wildman–Crippen MR) is 44.5 cm³/mol. The van der Waals surface area contributed by atoms with Gasteiger partial charge in [0, 0.05) is 13.0 Å². The number of rotatable bonds is 2. The largest absolute Gasteiger partial charge is 0.381 e. The van der Waals surface area contributed by atoms with Crippen molar-refractivity contribution in [1.82, 2.24) is 0 Å².